The molecule has 0 aliphatic heterocycles. The minimum atomic E-state index is -1.03. The molecule has 2 amide bonds. The Bertz CT molecular complexity index is 402. The summed E-state index contributed by atoms with van der Waals surface area (Å²) in [6, 6.07) is -1.41. The molecule has 1 aromatic rings. The minimum Gasteiger partial charge on any atom is -0.480 e. The van der Waals surface area contributed by atoms with Crippen LogP contribution in [-0.2, 0) is 11.8 Å². The average molecular weight is 240 g/mol. The molecule has 0 fully saturated rings. The number of rotatable bonds is 5. The van der Waals surface area contributed by atoms with Gasteiger partial charge in [-0.1, -0.05) is 13.3 Å². The highest BCUT2D eigenvalue weighted by molar-refractivity contribution is 5.91. The standard InChI is InChI=1S/C10H16N4O3/c1-3-4-8(9(15)16)13-10(17)12-7-5-11-14(2)6-7/h5-6,8H,3-4H2,1-2H3,(H,15,16)(H2,12,13,17)/t8-/m1/s1. The summed E-state index contributed by atoms with van der Waals surface area (Å²) in [5.41, 5.74) is 0.519. The molecule has 17 heavy (non-hydrogen) atoms. The number of carbonyl (C=O) groups excluding carboxylic acids is 1. The number of aryl methyl sites for hydroxylation is 1. The number of anilines is 1. The van der Waals surface area contributed by atoms with E-state index in [1.54, 1.807) is 13.2 Å². The predicted octanol–water partition coefficient (Wildman–Crippen LogP) is 0.795. The zero-order valence-corrected chi connectivity index (χ0v) is 9.80. The number of nitrogens with zero attached hydrogens (tertiary/aromatic N) is 2. The molecule has 0 saturated heterocycles. The van der Waals surface area contributed by atoms with Gasteiger partial charge < -0.3 is 15.7 Å². The number of carboxylic acid groups (broad SMARTS) is 1. The number of amides is 2. The van der Waals surface area contributed by atoms with E-state index in [1.165, 1.54) is 10.9 Å². The van der Waals surface area contributed by atoms with E-state index in [4.69, 9.17) is 5.11 Å². The number of nitrogens with one attached hydrogen (secondary N) is 2. The Labute approximate surface area is 98.8 Å². The van der Waals surface area contributed by atoms with Crippen molar-refractivity contribution in [2.45, 2.75) is 25.8 Å². The normalized spacial score (nSPS) is 11.9. The van der Waals surface area contributed by atoms with Crippen molar-refractivity contribution >= 4 is 17.7 Å². The number of urea groups is 1. The highest BCUT2D eigenvalue weighted by atomic mass is 16.4. The first kappa shape index (κ1) is 13.0. The second-order valence-corrected chi connectivity index (χ2v) is 3.68. The zero-order valence-electron chi connectivity index (χ0n) is 9.80. The summed E-state index contributed by atoms with van der Waals surface area (Å²) in [4.78, 5) is 22.3. The van der Waals surface area contributed by atoms with E-state index in [0.29, 0.717) is 18.5 Å². The van der Waals surface area contributed by atoms with Gasteiger partial charge in [-0.2, -0.15) is 5.10 Å². The van der Waals surface area contributed by atoms with Crippen LogP contribution in [0.3, 0.4) is 0 Å². The van der Waals surface area contributed by atoms with E-state index in [9.17, 15) is 9.59 Å². The number of aromatic nitrogens is 2. The summed E-state index contributed by atoms with van der Waals surface area (Å²) in [5, 5.41) is 17.6. The Balaban J connectivity index is 2.50. The number of hydrogen-bond donors (Lipinski definition) is 3. The molecule has 7 heteroatoms. The summed E-state index contributed by atoms with van der Waals surface area (Å²) in [6.45, 7) is 1.86. The molecular formula is C10H16N4O3. The van der Waals surface area contributed by atoms with Gasteiger partial charge in [-0.05, 0) is 6.42 Å². The monoisotopic (exact) mass is 240 g/mol. The van der Waals surface area contributed by atoms with Crippen LogP contribution in [0.4, 0.5) is 10.5 Å². The van der Waals surface area contributed by atoms with Gasteiger partial charge in [-0.3, -0.25) is 4.68 Å². The van der Waals surface area contributed by atoms with E-state index in [2.05, 4.69) is 15.7 Å². The van der Waals surface area contributed by atoms with Crippen molar-refractivity contribution in [3.8, 4) is 0 Å². The minimum absolute atomic E-state index is 0.399. The molecule has 1 rings (SSSR count). The number of carboxylic acids is 1. The van der Waals surface area contributed by atoms with Crippen LogP contribution in [0.5, 0.6) is 0 Å². The summed E-state index contributed by atoms with van der Waals surface area (Å²) >= 11 is 0. The first-order valence-corrected chi connectivity index (χ1v) is 5.32. The van der Waals surface area contributed by atoms with Crippen molar-refractivity contribution < 1.29 is 14.7 Å². The Kier molecular flexibility index (Phi) is 4.50. The molecule has 0 unspecified atom stereocenters. The van der Waals surface area contributed by atoms with E-state index >= 15 is 0 Å². The third-order valence-electron chi connectivity index (χ3n) is 2.14. The van der Waals surface area contributed by atoms with Gasteiger partial charge in [0.2, 0.25) is 0 Å². The lowest BCUT2D eigenvalue weighted by molar-refractivity contribution is -0.139. The number of carbonyl (C=O) groups is 2. The molecule has 94 valence electrons. The van der Waals surface area contributed by atoms with Crippen LogP contribution in [-0.4, -0.2) is 32.9 Å². The zero-order chi connectivity index (χ0) is 12.8. The van der Waals surface area contributed by atoms with Crippen LogP contribution in [0, 0.1) is 0 Å². The maximum Gasteiger partial charge on any atom is 0.326 e. The fourth-order valence-electron chi connectivity index (χ4n) is 1.36. The molecule has 1 atom stereocenters. The van der Waals surface area contributed by atoms with E-state index in [-0.39, 0.29) is 0 Å². The van der Waals surface area contributed by atoms with Crippen LogP contribution in [0.1, 0.15) is 19.8 Å². The summed E-state index contributed by atoms with van der Waals surface area (Å²) in [6.07, 6.45) is 4.18. The molecule has 3 N–H and O–H groups in total. The quantitative estimate of drug-likeness (QED) is 0.709. The van der Waals surface area contributed by atoms with Crippen molar-refractivity contribution in [1.29, 1.82) is 0 Å². The van der Waals surface area contributed by atoms with E-state index < -0.39 is 18.0 Å². The van der Waals surface area contributed by atoms with Gasteiger partial charge in [0.05, 0.1) is 11.9 Å². The van der Waals surface area contributed by atoms with Gasteiger partial charge in [-0.25, -0.2) is 9.59 Å². The van der Waals surface area contributed by atoms with Crippen molar-refractivity contribution in [2.24, 2.45) is 7.05 Å². The largest absolute Gasteiger partial charge is 0.480 e. The molecule has 0 bridgehead atoms. The highest BCUT2D eigenvalue weighted by Crippen LogP contribution is 2.03. The molecule has 0 saturated carbocycles. The van der Waals surface area contributed by atoms with Gasteiger partial charge in [-0.15, -0.1) is 0 Å². The van der Waals surface area contributed by atoms with Gasteiger partial charge in [0.25, 0.3) is 0 Å². The van der Waals surface area contributed by atoms with Crippen LogP contribution in [0.25, 0.3) is 0 Å². The smallest absolute Gasteiger partial charge is 0.326 e. The van der Waals surface area contributed by atoms with Gasteiger partial charge in [0.15, 0.2) is 0 Å². The summed E-state index contributed by atoms with van der Waals surface area (Å²) in [7, 11) is 1.72. The summed E-state index contributed by atoms with van der Waals surface area (Å²) in [5.74, 6) is -1.03. The van der Waals surface area contributed by atoms with Gasteiger partial charge in [0, 0.05) is 13.2 Å². The average Bonchev–Trinajstić information content (AvgIpc) is 2.63. The highest BCUT2D eigenvalue weighted by Gasteiger charge is 2.18. The molecular weight excluding hydrogens is 224 g/mol. The Morgan fingerprint density at radius 3 is 2.76 bits per heavy atom. The van der Waals surface area contributed by atoms with Gasteiger partial charge in [0.1, 0.15) is 6.04 Å². The Hall–Kier alpha value is -2.05. The van der Waals surface area contributed by atoms with Crippen LogP contribution >= 0.6 is 0 Å². The third-order valence-corrected chi connectivity index (χ3v) is 2.14. The number of aliphatic carboxylic acids is 1. The predicted molar refractivity (Wildman–Crippen MR) is 61.7 cm³/mol. The fraction of sp³-hybridized carbons (Fsp3) is 0.500. The lowest BCUT2D eigenvalue weighted by Crippen LogP contribution is -2.42. The first-order chi connectivity index (χ1) is 8.02. The Morgan fingerprint density at radius 1 is 1.59 bits per heavy atom. The second-order valence-electron chi connectivity index (χ2n) is 3.68. The Morgan fingerprint density at radius 2 is 2.29 bits per heavy atom. The van der Waals surface area contributed by atoms with E-state index in [1.807, 2.05) is 6.92 Å². The maximum absolute atomic E-state index is 11.5. The topological polar surface area (TPSA) is 96.3 Å². The van der Waals surface area contributed by atoms with E-state index in [0.717, 1.165) is 0 Å². The molecule has 1 aromatic heterocycles. The lowest BCUT2D eigenvalue weighted by atomic mass is 10.2. The molecule has 0 radical (unpaired) electrons. The molecule has 0 aliphatic carbocycles. The first-order valence-electron chi connectivity index (χ1n) is 5.32. The van der Waals surface area contributed by atoms with Crippen LogP contribution in [0.15, 0.2) is 12.4 Å². The second kappa shape index (κ2) is 5.88. The van der Waals surface area contributed by atoms with Crippen molar-refractivity contribution in [3.63, 3.8) is 0 Å². The number of hydrogen-bond acceptors (Lipinski definition) is 3. The molecule has 0 spiro atoms. The third kappa shape index (κ3) is 4.13. The SMILES string of the molecule is CCC[C@@H](NC(=O)Nc1cnn(C)c1)C(=O)O. The van der Waals surface area contributed by atoms with Crippen LogP contribution < -0.4 is 10.6 Å². The maximum atomic E-state index is 11.5. The molecule has 0 aromatic carbocycles. The molecule has 1 heterocycles. The van der Waals surface area contributed by atoms with Crippen molar-refractivity contribution in [2.75, 3.05) is 5.32 Å². The lowest BCUT2D eigenvalue weighted by Gasteiger charge is -2.13. The molecule has 0 aliphatic rings. The van der Waals surface area contributed by atoms with Crippen molar-refractivity contribution in [1.82, 2.24) is 15.1 Å². The molecule has 7 nitrogen and oxygen atoms in total. The van der Waals surface area contributed by atoms with Crippen molar-refractivity contribution in [3.05, 3.63) is 12.4 Å². The fourth-order valence-corrected chi connectivity index (χ4v) is 1.36. The summed E-state index contributed by atoms with van der Waals surface area (Å²) < 4.78 is 1.54. The van der Waals surface area contributed by atoms with Gasteiger partial charge >= 0.3 is 12.0 Å². The van der Waals surface area contributed by atoms with Crippen LogP contribution in [0.2, 0.25) is 0 Å².